The molecule has 5 atom stereocenters. The number of hydrogen-bond donors (Lipinski definition) is 3. The molecule has 39 heavy (non-hydrogen) atoms. The van der Waals surface area contributed by atoms with Gasteiger partial charge in [-0.3, -0.25) is 9.59 Å². The van der Waals surface area contributed by atoms with Crippen LogP contribution >= 0.6 is 0 Å². The molecule has 3 N–H and O–H groups in total. The maximum atomic E-state index is 14.0. The van der Waals surface area contributed by atoms with Crippen molar-refractivity contribution >= 4 is 23.9 Å². The van der Waals surface area contributed by atoms with Crippen molar-refractivity contribution < 1.29 is 29.0 Å². The number of fused-ring (bicyclic) bond motifs is 2. The van der Waals surface area contributed by atoms with Crippen molar-refractivity contribution in [3.8, 4) is 0 Å². The summed E-state index contributed by atoms with van der Waals surface area (Å²) in [5.41, 5.74) is -0.631. The average molecular weight is 545 g/mol. The zero-order valence-electron chi connectivity index (χ0n) is 23.4. The summed E-state index contributed by atoms with van der Waals surface area (Å²) in [4.78, 5) is 55.4. The van der Waals surface area contributed by atoms with Gasteiger partial charge in [-0.25, -0.2) is 9.59 Å². The van der Waals surface area contributed by atoms with Gasteiger partial charge in [-0.05, 0) is 60.3 Å². The van der Waals surface area contributed by atoms with Crippen LogP contribution in [0, 0.1) is 19.8 Å². The highest BCUT2D eigenvalue weighted by Crippen LogP contribution is 2.45. The molecule has 3 amide bonds. The molecule has 2 aliphatic heterocycles. The van der Waals surface area contributed by atoms with Gasteiger partial charge in [-0.15, -0.1) is 0 Å². The summed E-state index contributed by atoms with van der Waals surface area (Å²) in [5.74, 6) is -2.33. The first-order chi connectivity index (χ1) is 18.3. The van der Waals surface area contributed by atoms with Crippen LogP contribution in [0.25, 0.3) is 0 Å². The third kappa shape index (κ3) is 6.42. The van der Waals surface area contributed by atoms with Crippen LogP contribution in [0.2, 0.25) is 0 Å². The van der Waals surface area contributed by atoms with E-state index in [1.165, 1.54) is 9.70 Å². The molecule has 12 nitrogen and oxygen atoms in total. The fourth-order valence-electron chi connectivity index (χ4n) is 5.33. The van der Waals surface area contributed by atoms with Gasteiger partial charge in [0, 0.05) is 18.9 Å². The molecule has 4 rings (SSSR count). The lowest BCUT2D eigenvalue weighted by molar-refractivity contribution is -0.145. The average Bonchev–Trinajstić information content (AvgIpc) is 3.17. The third-order valence-electron chi connectivity index (χ3n) is 7.68. The van der Waals surface area contributed by atoms with Crippen molar-refractivity contribution in [3.05, 3.63) is 23.5 Å². The van der Waals surface area contributed by atoms with Gasteiger partial charge in [-0.2, -0.15) is 15.0 Å². The molecule has 214 valence electrons. The fourth-order valence-corrected chi connectivity index (χ4v) is 5.33. The molecule has 0 radical (unpaired) electrons. The van der Waals surface area contributed by atoms with E-state index >= 15 is 0 Å². The summed E-state index contributed by atoms with van der Waals surface area (Å²) in [5, 5.41) is 24.4. The molecule has 1 aromatic heterocycles. The Morgan fingerprint density at radius 3 is 2.49 bits per heavy atom. The van der Waals surface area contributed by atoms with Crippen molar-refractivity contribution in [2.75, 3.05) is 6.54 Å². The molecule has 1 aliphatic carbocycles. The van der Waals surface area contributed by atoms with Crippen LogP contribution < -0.4 is 10.6 Å². The highest BCUT2D eigenvalue weighted by molar-refractivity contribution is 5.96. The number of rotatable bonds is 3. The predicted molar refractivity (Wildman–Crippen MR) is 141 cm³/mol. The number of aromatic nitrogens is 3. The molecule has 1 saturated carbocycles. The summed E-state index contributed by atoms with van der Waals surface area (Å²) in [7, 11) is 0. The largest absolute Gasteiger partial charge is 0.479 e. The topological polar surface area (TPSA) is 156 Å². The zero-order chi connectivity index (χ0) is 28.5. The first kappa shape index (κ1) is 28.6. The fraction of sp³-hybridized carbons (Fsp3) is 0.704. The highest BCUT2D eigenvalue weighted by atomic mass is 16.6. The number of hydrogen-bond acceptors (Lipinski definition) is 7. The summed E-state index contributed by atoms with van der Waals surface area (Å²) < 4.78 is 5.41. The quantitative estimate of drug-likeness (QED) is 0.490. The first-order valence-corrected chi connectivity index (χ1v) is 13.7. The van der Waals surface area contributed by atoms with E-state index in [4.69, 9.17) is 4.74 Å². The number of carboxylic acids is 1. The van der Waals surface area contributed by atoms with Crippen molar-refractivity contribution in [2.24, 2.45) is 5.92 Å². The number of aryl methyl sites for hydroxylation is 2. The molecule has 0 bridgehead atoms. The Balaban J connectivity index is 1.64. The highest BCUT2D eigenvalue weighted by Gasteiger charge is 2.61. The second-order valence-electron chi connectivity index (χ2n) is 11.9. The Morgan fingerprint density at radius 1 is 1.15 bits per heavy atom. The minimum atomic E-state index is -1.38. The summed E-state index contributed by atoms with van der Waals surface area (Å²) in [6.07, 6.45) is 7.20. The summed E-state index contributed by atoms with van der Waals surface area (Å²) in [6, 6.07) is -2.22. The molecule has 2 unspecified atom stereocenters. The molecule has 1 aromatic rings. The van der Waals surface area contributed by atoms with Crippen molar-refractivity contribution in [3.63, 3.8) is 0 Å². The standard InChI is InChI=1S/C27H40N6O6/c1-16-17(2)31-33(30-16)19-13-21-22(34)29-27(24(36)37)14-18(27)11-9-7-6-8-10-12-20(23(35)32(21)15-19)28-25(38)39-26(3,4)5/h9,11,18-21H,6-8,10,12-15H2,1-5H3,(H,28,38)(H,29,34)(H,36,37)/b11-9-/t18?,19?,20-,21-,27+/m0/s1. The van der Waals surface area contributed by atoms with Crippen molar-refractivity contribution in [1.29, 1.82) is 0 Å². The number of nitrogens with one attached hydrogen (secondary N) is 2. The Kier molecular flexibility index (Phi) is 8.04. The van der Waals surface area contributed by atoms with Gasteiger partial charge in [0.2, 0.25) is 11.8 Å². The molecular formula is C27H40N6O6. The number of carboxylic acid groups (broad SMARTS) is 1. The maximum absolute atomic E-state index is 14.0. The Morgan fingerprint density at radius 2 is 1.85 bits per heavy atom. The first-order valence-electron chi connectivity index (χ1n) is 13.7. The van der Waals surface area contributed by atoms with E-state index in [0.717, 1.165) is 30.7 Å². The zero-order valence-corrected chi connectivity index (χ0v) is 23.4. The maximum Gasteiger partial charge on any atom is 0.408 e. The van der Waals surface area contributed by atoms with E-state index in [2.05, 4.69) is 20.8 Å². The lowest BCUT2D eigenvalue weighted by Crippen LogP contribution is -2.56. The van der Waals surface area contributed by atoms with Gasteiger partial charge in [-0.1, -0.05) is 25.0 Å². The minimum absolute atomic E-state index is 0.153. The number of aliphatic carboxylic acids is 1. The second-order valence-corrected chi connectivity index (χ2v) is 11.9. The number of nitrogens with zero attached hydrogens (tertiary/aromatic N) is 4. The van der Waals surface area contributed by atoms with Crippen LogP contribution in [0.3, 0.4) is 0 Å². The normalized spacial score (nSPS) is 30.7. The molecule has 0 aromatic carbocycles. The Labute approximate surface area is 228 Å². The number of ether oxygens (including phenoxy) is 1. The number of carbonyl (C=O) groups is 4. The SMILES string of the molecule is Cc1nn(C2C[C@H]3C(=O)N[C@]4(C(=O)O)CC4/C=C\CCCCC[C@H](NC(=O)OC(C)(C)C)C(=O)N3C2)nc1C. The van der Waals surface area contributed by atoms with E-state index < -0.39 is 47.1 Å². The molecule has 3 heterocycles. The lowest BCUT2D eigenvalue weighted by atomic mass is 10.0. The monoisotopic (exact) mass is 544 g/mol. The molecular weight excluding hydrogens is 504 g/mol. The van der Waals surface area contributed by atoms with Crippen LogP contribution in [-0.2, 0) is 19.1 Å². The van der Waals surface area contributed by atoms with Gasteiger partial charge in [0.25, 0.3) is 0 Å². The lowest BCUT2D eigenvalue weighted by Gasteiger charge is -2.30. The van der Waals surface area contributed by atoms with E-state index in [1.54, 1.807) is 20.8 Å². The predicted octanol–water partition coefficient (Wildman–Crippen LogP) is 2.41. The number of amides is 3. The molecule has 0 spiro atoms. The van der Waals surface area contributed by atoms with Gasteiger partial charge in [0.05, 0.1) is 17.4 Å². The molecule has 2 fully saturated rings. The molecule has 3 aliphatic rings. The van der Waals surface area contributed by atoms with Crippen LogP contribution in [0.5, 0.6) is 0 Å². The molecule has 1 saturated heterocycles. The number of carbonyl (C=O) groups excluding carboxylic acids is 3. The van der Waals surface area contributed by atoms with Gasteiger partial charge in [0.15, 0.2) is 0 Å². The Hall–Kier alpha value is -3.44. The third-order valence-corrected chi connectivity index (χ3v) is 7.68. The summed E-state index contributed by atoms with van der Waals surface area (Å²) >= 11 is 0. The number of allylic oxidation sites excluding steroid dienone is 1. The van der Waals surface area contributed by atoms with Crippen molar-refractivity contribution in [2.45, 2.75) is 109 Å². The molecule has 12 heteroatoms. The number of alkyl carbamates (subject to hydrolysis) is 1. The van der Waals surface area contributed by atoms with Gasteiger partial charge in [0.1, 0.15) is 23.2 Å². The van der Waals surface area contributed by atoms with Gasteiger partial charge >= 0.3 is 12.1 Å². The smallest absolute Gasteiger partial charge is 0.408 e. The van der Waals surface area contributed by atoms with E-state index in [-0.39, 0.29) is 24.9 Å². The summed E-state index contributed by atoms with van der Waals surface area (Å²) in [6.45, 7) is 9.06. The second kappa shape index (κ2) is 11.0. The van der Waals surface area contributed by atoms with Gasteiger partial charge < -0.3 is 25.4 Å². The van der Waals surface area contributed by atoms with Crippen LogP contribution in [0.4, 0.5) is 4.79 Å². The van der Waals surface area contributed by atoms with Crippen LogP contribution in [-0.4, -0.2) is 78.6 Å². The Bertz CT molecular complexity index is 1140. The van der Waals surface area contributed by atoms with E-state index in [1.807, 2.05) is 26.0 Å². The van der Waals surface area contributed by atoms with E-state index in [9.17, 15) is 24.3 Å². The van der Waals surface area contributed by atoms with Crippen LogP contribution in [0.15, 0.2) is 12.2 Å². The van der Waals surface area contributed by atoms with Crippen molar-refractivity contribution in [1.82, 2.24) is 30.5 Å². The minimum Gasteiger partial charge on any atom is -0.479 e. The van der Waals surface area contributed by atoms with E-state index in [0.29, 0.717) is 19.3 Å². The van der Waals surface area contributed by atoms with Crippen LogP contribution in [0.1, 0.15) is 83.1 Å².